The summed E-state index contributed by atoms with van der Waals surface area (Å²) >= 11 is 9.72. The lowest BCUT2D eigenvalue weighted by Crippen LogP contribution is -2.16. The summed E-state index contributed by atoms with van der Waals surface area (Å²) in [5.41, 5.74) is 3.42. The zero-order valence-corrected chi connectivity index (χ0v) is 19.6. The highest BCUT2D eigenvalue weighted by atomic mass is 79.9. The van der Waals surface area contributed by atoms with Crippen LogP contribution in [0.25, 0.3) is 0 Å². The third kappa shape index (κ3) is 6.73. The van der Waals surface area contributed by atoms with Crippen LogP contribution in [0, 0.1) is 5.82 Å². The molecule has 3 nitrogen and oxygen atoms in total. The van der Waals surface area contributed by atoms with Crippen LogP contribution >= 0.6 is 27.5 Å². The van der Waals surface area contributed by atoms with Crippen molar-refractivity contribution in [3.63, 3.8) is 0 Å². The van der Waals surface area contributed by atoms with E-state index >= 15 is 0 Å². The number of benzene rings is 2. The third-order valence-corrected chi connectivity index (χ3v) is 6.03. The van der Waals surface area contributed by atoms with Gasteiger partial charge < -0.3 is 14.8 Å². The van der Waals surface area contributed by atoms with Crippen LogP contribution in [0.5, 0.6) is 11.5 Å². The molecule has 0 amide bonds. The lowest BCUT2D eigenvalue weighted by atomic mass is 9.97. The number of hydrogen-bond acceptors (Lipinski definition) is 3. The number of ether oxygens (including phenoxy) is 2. The first kappa shape index (κ1) is 23.1. The number of nitrogens with one attached hydrogen (secondary N) is 1. The number of allylic oxidation sites excluding steroid dienone is 1. The molecule has 0 spiro atoms. The third-order valence-electron chi connectivity index (χ3n) is 5.09. The van der Waals surface area contributed by atoms with E-state index in [1.807, 2.05) is 19.1 Å². The highest BCUT2D eigenvalue weighted by Gasteiger charge is 2.14. The molecule has 2 aromatic rings. The average molecular weight is 497 g/mol. The van der Waals surface area contributed by atoms with Crippen LogP contribution in [-0.4, -0.2) is 13.2 Å². The molecule has 0 atom stereocenters. The van der Waals surface area contributed by atoms with E-state index in [1.165, 1.54) is 37.8 Å². The van der Waals surface area contributed by atoms with Gasteiger partial charge in [0.2, 0.25) is 0 Å². The molecule has 0 aromatic heterocycles. The molecule has 2 aromatic carbocycles. The minimum absolute atomic E-state index is 0.227. The van der Waals surface area contributed by atoms with Crippen molar-refractivity contribution in [1.29, 1.82) is 0 Å². The Morgan fingerprint density at radius 1 is 1.17 bits per heavy atom. The van der Waals surface area contributed by atoms with Gasteiger partial charge in [-0.05, 0) is 91.3 Å². The van der Waals surface area contributed by atoms with E-state index in [2.05, 4.69) is 27.3 Å². The molecule has 0 radical (unpaired) electrons. The zero-order valence-electron chi connectivity index (χ0n) is 17.3. The van der Waals surface area contributed by atoms with Crippen LogP contribution in [0.3, 0.4) is 0 Å². The standard InChI is InChI=1S/C24H28BrClFNO2/c1-2-29-23-13-18(15-28-11-10-17-6-4-3-5-7-17)12-21(25)24(23)30-16-19-8-9-20(27)14-22(19)26/h6,8-9,12-14,28H,2-5,7,10-11,15-16H2,1H3. The molecular weight excluding hydrogens is 469 g/mol. The molecule has 0 aliphatic heterocycles. The summed E-state index contributed by atoms with van der Waals surface area (Å²) < 4.78 is 25.9. The van der Waals surface area contributed by atoms with Gasteiger partial charge in [-0.15, -0.1) is 0 Å². The van der Waals surface area contributed by atoms with Crippen LogP contribution in [0.15, 0.2) is 46.5 Å². The van der Waals surface area contributed by atoms with Gasteiger partial charge in [0.1, 0.15) is 12.4 Å². The smallest absolute Gasteiger partial charge is 0.175 e. The first-order valence-electron chi connectivity index (χ1n) is 10.5. The molecule has 0 fully saturated rings. The van der Waals surface area contributed by atoms with E-state index in [-0.39, 0.29) is 12.4 Å². The highest BCUT2D eigenvalue weighted by molar-refractivity contribution is 9.10. The van der Waals surface area contributed by atoms with Gasteiger partial charge >= 0.3 is 0 Å². The van der Waals surface area contributed by atoms with Gasteiger partial charge in [-0.25, -0.2) is 4.39 Å². The first-order chi connectivity index (χ1) is 14.6. The van der Waals surface area contributed by atoms with Crippen molar-refractivity contribution in [3.05, 3.63) is 68.4 Å². The van der Waals surface area contributed by atoms with Crippen molar-refractivity contribution in [2.24, 2.45) is 0 Å². The Bertz CT molecular complexity index is 888. The second-order valence-corrected chi connectivity index (χ2v) is 8.66. The average Bonchev–Trinajstić information content (AvgIpc) is 2.73. The molecule has 6 heteroatoms. The topological polar surface area (TPSA) is 30.5 Å². The lowest BCUT2D eigenvalue weighted by molar-refractivity contribution is 0.267. The molecule has 1 aliphatic rings. The fourth-order valence-corrected chi connectivity index (χ4v) is 4.35. The van der Waals surface area contributed by atoms with Gasteiger partial charge in [0.15, 0.2) is 11.5 Å². The minimum atomic E-state index is -0.364. The molecule has 1 N–H and O–H groups in total. The summed E-state index contributed by atoms with van der Waals surface area (Å²) in [7, 11) is 0. The summed E-state index contributed by atoms with van der Waals surface area (Å²) in [5, 5.41) is 3.87. The maximum atomic E-state index is 13.3. The fourth-order valence-electron chi connectivity index (χ4n) is 3.53. The van der Waals surface area contributed by atoms with Crippen LogP contribution in [0.1, 0.15) is 50.2 Å². The molecule has 0 unspecified atom stereocenters. The first-order valence-corrected chi connectivity index (χ1v) is 11.6. The lowest BCUT2D eigenvalue weighted by Gasteiger charge is -2.17. The molecule has 0 saturated carbocycles. The Balaban J connectivity index is 1.62. The van der Waals surface area contributed by atoms with Crippen molar-refractivity contribution in [1.82, 2.24) is 5.32 Å². The van der Waals surface area contributed by atoms with E-state index < -0.39 is 0 Å². The van der Waals surface area contributed by atoms with Crippen molar-refractivity contribution >= 4 is 27.5 Å². The quantitative estimate of drug-likeness (QED) is 0.279. The zero-order chi connectivity index (χ0) is 21.3. The van der Waals surface area contributed by atoms with Crippen molar-refractivity contribution in [2.45, 2.75) is 52.2 Å². The molecule has 1 aliphatic carbocycles. The van der Waals surface area contributed by atoms with Crippen LogP contribution in [-0.2, 0) is 13.2 Å². The summed E-state index contributed by atoms with van der Waals surface area (Å²) in [6.45, 7) is 4.43. The summed E-state index contributed by atoms with van der Waals surface area (Å²) in [6.07, 6.45) is 8.62. The Morgan fingerprint density at radius 3 is 2.77 bits per heavy atom. The van der Waals surface area contributed by atoms with Crippen LogP contribution in [0.2, 0.25) is 5.02 Å². The molecule has 3 rings (SSSR count). The van der Waals surface area contributed by atoms with Gasteiger partial charge in [-0.1, -0.05) is 29.3 Å². The van der Waals surface area contributed by atoms with Gasteiger partial charge in [0.25, 0.3) is 0 Å². The Labute approximate surface area is 191 Å². The monoisotopic (exact) mass is 495 g/mol. The van der Waals surface area contributed by atoms with Crippen molar-refractivity contribution in [2.75, 3.05) is 13.2 Å². The number of rotatable bonds is 10. The number of halogens is 3. The van der Waals surface area contributed by atoms with Gasteiger partial charge in [0.05, 0.1) is 16.1 Å². The second kappa shape index (κ2) is 11.7. The van der Waals surface area contributed by atoms with E-state index in [9.17, 15) is 4.39 Å². The van der Waals surface area contributed by atoms with Crippen molar-refractivity contribution < 1.29 is 13.9 Å². The molecule has 0 saturated heterocycles. The summed E-state index contributed by atoms with van der Waals surface area (Å²) in [6, 6.07) is 8.34. The maximum Gasteiger partial charge on any atom is 0.175 e. The van der Waals surface area contributed by atoms with E-state index in [0.717, 1.165) is 35.1 Å². The predicted octanol–water partition coefficient (Wildman–Crippen LogP) is 7.20. The molecule has 0 bridgehead atoms. The van der Waals surface area contributed by atoms with Gasteiger partial charge in [-0.3, -0.25) is 0 Å². The SMILES string of the molecule is CCOc1cc(CNCCC2=CCCCC2)cc(Br)c1OCc1ccc(F)cc1Cl. The number of hydrogen-bond donors (Lipinski definition) is 1. The highest BCUT2D eigenvalue weighted by Crippen LogP contribution is 2.38. The second-order valence-electron chi connectivity index (χ2n) is 7.40. The summed E-state index contributed by atoms with van der Waals surface area (Å²) in [5.74, 6) is 0.932. The fraction of sp³-hybridized carbons (Fsp3) is 0.417. The molecule has 0 heterocycles. The Morgan fingerprint density at radius 2 is 2.03 bits per heavy atom. The normalized spacial score (nSPS) is 13.8. The Hall–Kier alpha value is -1.56. The molecular formula is C24H28BrClFNO2. The van der Waals surface area contributed by atoms with Crippen LogP contribution < -0.4 is 14.8 Å². The minimum Gasteiger partial charge on any atom is -0.490 e. The molecule has 30 heavy (non-hydrogen) atoms. The van der Waals surface area contributed by atoms with Gasteiger partial charge in [0, 0.05) is 12.1 Å². The van der Waals surface area contributed by atoms with Gasteiger partial charge in [-0.2, -0.15) is 0 Å². The van der Waals surface area contributed by atoms with Crippen LogP contribution in [0.4, 0.5) is 4.39 Å². The van der Waals surface area contributed by atoms with Crippen molar-refractivity contribution in [3.8, 4) is 11.5 Å². The predicted molar refractivity (Wildman–Crippen MR) is 124 cm³/mol. The summed E-state index contributed by atoms with van der Waals surface area (Å²) in [4.78, 5) is 0. The van der Waals surface area contributed by atoms with E-state index in [1.54, 1.807) is 11.6 Å². The van der Waals surface area contributed by atoms with E-state index in [4.69, 9.17) is 21.1 Å². The Kier molecular flexibility index (Phi) is 9.04. The molecule has 162 valence electrons. The largest absolute Gasteiger partial charge is 0.490 e. The van der Waals surface area contributed by atoms with E-state index in [0.29, 0.717) is 23.1 Å². The maximum absolute atomic E-state index is 13.3.